The number of Topliss-reactive ketones (excluding diaryl/α,β-unsaturated/α-hetero) is 1. The van der Waals surface area contributed by atoms with Gasteiger partial charge in [-0.25, -0.2) is 4.39 Å². The van der Waals surface area contributed by atoms with Gasteiger partial charge in [0.15, 0.2) is 0 Å². The number of aliphatic hydroxyl groups excluding tert-OH is 1. The van der Waals surface area contributed by atoms with E-state index in [2.05, 4.69) is 0 Å². The second kappa shape index (κ2) is 8.07. The number of aryl methyl sites for hydroxylation is 1. The fourth-order valence-electron chi connectivity index (χ4n) is 3.66. The monoisotopic (exact) mass is 432 g/mol. The van der Waals surface area contributed by atoms with Gasteiger partial charge in [-0.15, -0.1) is 0 Å². The van der Waals surface area contributed by atoms with Crippen LogP contribution in [0.4, 0.5) is 15.8 Å². The minimum Gasteiger partial charge on any atom is -0.507 e. The molecule has 1 amide bonds. The number of anilines is 1. The molecule has 1 heterocycles. The molecule has 32 heavy (non-hydrogen) atoms. The van der Waals surface area contributed by atoms with Crippen LogP contribution >= 0.6 is 0 Å². The molecule has 0 bridgehead atoms. The van der Waals surface area contributed by atoms with Crippen LogP contribution in [0.5, 0.6) is 0 Å². The Morgan fingerprint density at radius 3 is 2.12 bits per heavy atom. The van der Waals surface area contributed by atoms with Crippen molar-refractivity contribution in [2.45, 2.75) is 13.0 Å². The van der Waals surface area contributed by atoms with Crippen LogP contribution in [0.2, 0.25) is 0 Å². The summed E-state index contributed by atoms with van der Waals surface area (Å²) < 4.78 is 13.5. The number of carbonyl (C=O) groups is 2. The molecule has 0 radical (unpaired) electrons. The van der Waals surface area contributed by atoms with Crippen LogP contribution in [-0.2, 0) is 9.59 Å². The third-order valence-corrected chi connectivity index (χ3v) is 5.29. The van der Waals surface area contributed by atoms with E-state index in [4.69, 9.17) is 0 Å². The fraction of sp³-hybridized carbons (Fsp3) is 0.0833. The zero-order valence-electron chi connectivity index (χ0n) is 16.9. The first-order valence-electron chi connectivity index (χ1n) is 9.66. The third-order valence-electron chi connectivity index (χ3n) is 5.29. The van der Waals surface area contributed by atoms with Crippen LogP contribution in [0.15, 0.2) is 78.4 Å². The number of halogens is 1. The molecule has 1 aliphatic rings. The molecule has 7 nitrogen and oxygen atoms in total. The summed E-state index contributed by atoms with van der Waals surface area (Å²) in [6.07, 6.45) is 0. The maximum absolute atomic E-state index is 13.5. The molecular formula is C24H17FN2O5. The number of carbonyl (C=O) groups excluding carboxylic acids is 2. The highest BCUT2D eigenvalue weighted by Crippen LogP contribution is 2.42. The van der Waals surface area contributed by atoms with Crippen LogP contribution in [0, 0.1) is 22.9 Å². The van der Waals surface area contributed by atoms with Gasteiger partial charge in [0.25, 0.3) is 17.4 Å². The molecule has 1 N–H and O–H groups in total. The van der Waals surface area contributed by atoms with E-state index < -0.39 is 28.5 Å². The second-order valence-corrected chi connectivity index (χ2v) is 7.36. The lowest BCUT2D eigenvalue weighted by molar-refractivity contribution is -0.384. The number of rotatable bonds is 4. The third kappa shape index (κ3) is 3.62. The number of ketones is 1. The number of non-ortho nitro benzene ring substituents is 1. The van der Waals surface area contributed by atoms with Gasteiger partial charge in [-0.1, -0.05) is 29.8 Å². The van der Waals surface area contributed by atoms with E-state index >= 15 is 0 Å². The van der Waals surface area contributed by atoms with Gasteiger partial charge >= 0.3 is 0 Å². The van der Waals surface area contributed by atoms with Gasteiger partial charge in [0.2, 0.25) is 0 Å². The van der Waals surface area contributed by atoms with Crippen molar-refractivity contribution >= 4 is 28.8 Å². The SMILES string of the molecule is Cc1ccc(/C(O)=C2\C(=O)C(=O)N(c3ccc(F)cc3)[C@H]2c2ccc([N+](=O)[O-])cc2)cc1. The van der Waals surface area contributed by atoms with Gasteiger partial charge in [0.05, 0.1) is 16.5 Å². The molecule has 1 fully saturated rings. The van der Waals surface area contributed by atoms with Crippen molar-refractivity contribution in [1.82, 2.24) is 0 Å². The van der Waals surface area contributed by atoms with E-state index in [1.807, 2.05) is 6.92 Å². The molecule has 0 aromatic heterocycles. The highest BCUT2D eigenvalue weighted by atomic mass is 19.1. The predicted octanol–water partition coefficient (Wildman–Crippen LogP) is 4.67. The van der Waals surface area contributed by atoms with Crippen LogP contribution in [-0.4, -0.2) is 21.7 Å². The number of aliphatic hydroxyl groups is 1. The van der Waals surface area contributed by atoms with Crippen molar-refractivity contribution in [3.8, 4) is 0 Å². The lowest BCUT2D eigenvalue weighted by Crippen LogP contribution is -2.29. The Hall–Kier alpha value is -4.33. The van der Waals surface area contributed by atoms with Crippen molar-refractivity contribution < 1.29 is 24.0 Å². The van der Waals surface area contributed by atoms with E-state index in [-0.39, 0.29) is 22.7 Å². The summed E-state index contributed by atoms with van der Waals surface area (Å²) in [4.78, 5) is 37.6. The van der Waals surface area contributed by atoms with Crippen LogP contribution in [0.25, 0.3) is 5.76 Å². The van der Waals surface area contributed by atoms with Gasteiger partial charge in [0.1, 0.15) is 11.6 Å². The number of nitro groups is 1. The van der Waals surface area contributed by atoms with E-state index in [1.165, 1.54) is 36.4 Å². The summed E-state index contributed by atoms with van der Waals surface area (Å²) in [6.45, 7) is 1.87. The Labute approximate surface area is 182 Å². The molecular weight excluding hydrogens is 415 g/mol. The van der Waals surface area contributed by atoms with Gasteiger partial charge in [-0.2, -0.15) is 0 Å². The fourth-order valence-corrected chi connectivity index (χ4v) is 3.66. The Morgan fingerprint density at radius 1 is 0.969 bits per heavy atom. The smallest absolute Gasteiger partial charge is 0.300 e. The minimum atomic E-state index is -1.05. The van der Waals surface area contributed by atoms with Crippen molar-refractivity contribution in [1.29, 1.82) is 0 Å². The highest BCUT2D eigenvalue weighted by Gasteiger charge is 2.47. The first-order valence-corrected chi connectivity index (χ1v) is 9.66. The molecule has 0 spiro atoms. The topological polar surface area (TPSA) is 101 Å². The van der Waals surface area contributed by atoms with Crippen LogP contribution in [0.3, 0.4) is 0 Å². The van der Waals surface area contributed by atoms with E-state index in [0.717, 1.165) is 22.6 Å². The largest absolute Gasteiger partial charge is 0.507 e. The van der Waals surface area contributed by atoms with Gasteiger partial charge in [0, 0.05) is 23.4 Å². The normalized spacial score (nSPS) is 17.6. The summed E-state index contributed by atoms with van der Waals surface area (Å²) in [7, 11) is 0. The summed E-state index contributed by atoms with van der Waals surface area (Å²) in [6, 6.07) is 16.1. The molecule has 0 aliphatic carbocycles. The predicted molar refractivity (Wildman–Crippen MR) is 115 cm³/mol. The van der Waals surface area contributed by atoms with Crippen molar-refractivity contribution in [2.75, 3.05) is 4.90 Å². The number of benzene rings is 3. The van der Waals surface area contributed by atoms with E-state index in [0.29, 0.717) is 11.1 Å². The van der Waals surface area contributed by atoms with Gasteiger partial charge in [-0.3, -0.25) is 24.6 Å². The molecule has 1 atom stereocenters. The zero-order chi connectivity index (χ0) is 23.0. The van der Waals surface area contributed by atoms with E-state index in [9.17, 15) is 29.2 Å². The molecule has 160 valence electrons. The van der Waals surface area contributed by atoms with Crippen molar-refractivity contribution in [3.63, 3.8) is 0 Å². The summed E-state index contributed by atoms with van der Waals surface area (Å²) >= 11 is 0. The quantitative estimate of drug-likeness (QED) is 0.212. The second-order valence-electron chi connectivity index (χ2n) is 7.36. The molecule has 8 heteroatoms. The van der Waals surface area contributed by atoms with Crippen molar-refractivity contribution in [2.24, 2.45) is 0 Å². The first kappa shape index (κ1) is 20.9. The Balaban J connectivity index is 1.92. The lowest BCUT2D eigenvalue weighted by atomic mass is 9.94. The Kier molecular flexibility index (Phi) is 5.28. The lowest BCUT2D eigenvalue weighted by Gasteiger charge is -2.25. The van der Waals surface area contributed by atoms with Crippen molar-refractivity contribution in [3.05, 3.63) is 111 Å². The Bertz CT molecular complexity index is 1250. The standard InChI is InChI=1S/C24H17FN2O5/c1-14-2-4-16(5-3-14)22(28)20-21(15-6-10-19(11-7-15)27(31)32)26(24(30)23(20)29)18-12-8-17(25)9-13-18/h2-13,21,28H,1H3/b22-20+/t21-/m0/s1. The van der Waals surface area contributed by atoms with Crippen LogP contribution in [0.1, 0.15) is 22.7 Å². The summed E-state index contributed by atoms with van der Waals surface area (Å²) in [5.41, 5.74) is 1.61. The zero-order valence-corrected chi connectivity index (χ0v) is 16.9. The molecule has 3 aromatic rings. The minimum absolute atomic E-state index is 0.156. The average Bonchev–Trinajstić information content (AvgIpc) is 3.05. The molecule has 1 aliphatic heterocycles. The molecule has 4 rings (SSSR count). The number of nitro benzene ring substituents is 1. The summed E-state index contributed by atoms with van der Waals surface area (Å²) in [5, 5.41) is 22.0. The molecule has 3 aromatic carbocycles. The number of amides is 1. The Morgan fingerprint density at radius 2 is 1.56 bits per heavy atom. The maximum atomic E-state index is 13.5. The van der Waals surface area contributed by atoms with Gasteiger partial charge < -0.3 is 5.11 Å². The number of hydrogen-bond acceptors (Lipinski definition) is 5. The highest BCUT2D eigenvalue weighted by molar-refractivity contribution is 6.51. The molecule has 0 unspecified atom stereocenters. The summed E-state index contributed by atoms with van der Waals surface area (Å²) in [5.74, 6) is -2.68. The maximum Gasteiger partial charge on any atom is 0.300 e. The first-order chi connectivity index (χ1) is 15.3. The van der Waals surface area contributed by atoms with Crippen LogP contribution < -0.4 is 4.90 Å². The van der Waals surface area contributed by atoms with E-state index in [1.54, 1.807) is 24.3 Å². The molecule has 1 saturated heterocycles. The molecule has 0 saturated carbocycles. The number of hydrogen-bond donors (Lipinski definition) is 1. The number of nitrogens with zero attached hydrogens (tertiary/aromatic N) is 2. The average molecular weight is 432 g/mol. The van der Waals surface area contributed by atoms with Gasteiger partial charge in [-0.05, 0) is 48.9 Å².